The van der Waals surface area contributed by atoms with E-state index in [1.54, 1.807) is 18.3 Å². The fraction of sp³-hybridized carbons (Fsp3) is 0.400. The van der Waals surface area contributed by atoms with Gasteiger partial charge in [-0.25, -0.2) is 4.98 Å². The summed E-state index contributed by atoms with van der Waals surface area (Å²) >= 11 is 0. The van der Waals surface area contributed by atoms with E-state index < -0.39 is 17.5 Å². The molecule has 1 aliphatic heterocycles. The molecule has 1 aromatic heterocycles. The van der Waals surface area contributed by atoms with Gasteiger partial charge in [0, 0.05) is 29.9 Å². The fourth-order valence-electron chi connectivity index (χ4n) is 3.27. The van der Waals surface area contributed by atoms with Gasteiger partial charge in [0.2, 0.25) is 0 Å². The van der Waals surface area contributed by atoms with Gasteiger partial charge in [-0.1, -0.05) is 6.92 Å². The number of hydrogen-bond donors (Lipinski definition) is 2. The Hall–Kier alpha value is -2.61. The fourth-order valence-corrected chi connectivity index (χ4v) is 3.27. The van der Waals surface area contributed by atoms with E-state index in [0.717, 1.165) is 12.5 Å². The monoisotopic (exact) mass is 393 g/mol. The van der Waals surface area contributed by atoms with Crippen LogP contribution in [-0.4, -0.2) is 35.6 Å². The number of aromatic hydroxyl groups is 1. The molecule has 2 aromatic rings. The average Bonchev–Trinajstić information content (AvgIpc) is 2.61. The first-order valence-corrected chi connectivity index (χ1v) is 8.95. The SMILES string of the molecule is Cc1cc(C(F)(F)F)cc(O)c1-c1ccc(C=NC2CCOC[C@H]2C)c(N)n1. The molecule has 0 amide bonds. The number of aliphatic imine (C=N–C) groups is 1. The molecule has 2 atom stereocenters. The maximum absolute atomic E-state index is 12.9. The predicted octanol–water partition coefficient (Wildman–Crippen LogP) is 4.21. The third-order valence-corrected chi connectivity index (χ3v) is 4.86. The highest BCUT2D eigenvalue weighted by Gasteiger charge is 2.32. The van der Waals surface area contributed by atoms with E-state index in [1.807, 2.05) is 0 Å². The average molecular weight is 393 g/mol. The van der Waals surface area contributed by atoms with Crippen molar-refractivity contribution in [3.8, 4) is 17.0 Å². The molecule has 28 heavy (non-hydrogen) atoms. The van der Waals surface area contributed by atoms with Crippen molar-refractivity contribution in [2.75, 3.05) is 18.9 Å². The summed E-state index contributed by atoms with van der Waals surface area (Å²) in [7, 11) is 0. The highest BCUT2D eigenvalue weighted by Crippen LogP contribution is 2.38. The van der Waals surface area contributed by atoms with Gasteiger partial charge in [0.1, 0.15) is 11.6 Å². The smallest absolute Gasteiger partial charge is 0.416 e. The van der Waals surface area contributed by atoms with Crippen molar-refractivity contribution < 1.29 is 23.0 Å². The maximum Gasteiger partial charge on any atom is 0.416 e. The molecular weight excluding hydrogens is 371 g/mol. The van der Waals surface area contributed by atoms with Crippen LogP contribution in [0.15, 0.2) is 29.3 Å². The van der Waals surface area contributed by atoms with Crippen molar-refractivity contribution in [1.82, 2.24) is 4.98 Å². The second kappa shape index (κ2) is 7.79. The van der Waals surface area contributed by atoms with Crippen molar-refractivity contribution in [2.45, 2.75) is 32.5 Å². The van der Waals surface area contributed by atoms with Crippen molar-refractivity contribution >= 4 is 12.0 Å². The van der Waals surface area contributed by atoms with E-state index in [0.29, 0.717) is 36.5 Å². The topological polar surface area (TPSA) is 80.7 Å². The molecule has 8 heteroatoms. The van der Waals surface area contributed by atoms with Gasteiger partial charge in [0.15, 0.2) is 0 Å². The number of anilines is 1. The number of pyridine rings is 1. The highest BCUT2D eigenvalue weighted by atomic mass is 19.4. The van der Waals surface area contributed by atoms with Gasteiger partial charge in [-0.3, -0.25) is 4.99 Å². The van der Waals surface area contributed by atoms with Gasteiger partial charge in [-0.15, -0.1) is 0 Å². The van der Waals surface area contributed by atoms with Gasteiger partial charge in [0.25, 0.3) is 0 Å². The summed E-state index contributed by atoms with van der Waals surface area (Å²) in [4.78, 5) is 8.83. The number of aromatic nitrogens is 1. The number of nitrogens with zero attached hydrogens (tertiary/aromatic N) is 2. The van der Waals surface area contributed by atoms with Crippen molar-refractivity contribution in [3.63, 3.8) is 0 Å². The highest BCUT2D eigenvalue weighted by molar-refractivity contribution is 5.87. The Morgan fingerprint density at radius 2 is 2.07 bits per heavy atom. The molecule has 5 nitrogen and oxygen atoms in total. The third-order valence-electron chi connectivity index (χ3n) is 4.86. The Labute approximate surface area is 161 Å². The number of rotatable bonds is 3. The number of halogens is 3. The molecule has 3 rings (SSSR count). The number of alkyl halides is 3. The number of nitrogens with two attached hydrogens (primary N) is 1. The summed E-state index contributed by atoms with van der Waals surface area (Å²) in [5.74, 6) is 0.0153. The Kier molecular flexibility index (Phi) is 5.60. The van der Waals surface area contributed by atoms with Gasteiger partial charge in [-0.2, -0.15) is 13.2 Å². The Morgan fingerprint density at radius 1 is 1.32 bits per heavy atom. The maximum atomic E-state index is 12.9. The molecule has 1 fully saturated rings. The minimum atomic E-state index is -4.53. The Bertz CT molecular complexity index is 874. The van der Waals surface area contributed by atoms with Crippen LogP contribution in [0.4, 0.5) is 19.0 Å². The summed E-state index contributed by atoms with van der Waals surface area (Å²) in [6.45, 7) is 4.90. The molecule has 1 aliphatic rings. The molecule has 0 aliphatic carbocycles. The molecule has 2 heterocycles. The first-order chi connectivity index (χ1) is 13.2. The molecule has 0 spiro atoms. The lowest BCUT2D eigenvalue weighted by Crippen LogP contribution is -2.28. The lowest BCUT2D eigenvalue weighted by molar-refractivity contribution is -0.137. The molecule has 150 valence electrons. The second-order valence-electron chi connectivity index (χ2n) is 7.04. The van der Waals surface area contributed by atoms with Crippen molar-refractivity contribution in [3.05, 3.63) is 41.0 Å². The Balaban J connectivity index is 1.88. The largest absolute Gasteiger partial charge is 0.507 e. The van der Waals surface area contributed by atoms with Gasteiger partial charge in [-0.05, 0) is 43.2 Å². The van der Waals surface area contributed by atoms with E-state index >= 15 is 0 Å². The normalized spacial score (nSPS) is 20.6. The summed E-state index contributed by atoms with van der Waals surface area (Å²) in [5.41, 5.74) is 6.52. The molecule has 0 saturated carbocycles. The minimum Gasteiger partial charge on any atom is -0.507 e. The standard InChI is InChI=1S/C20H22F3N3O2/c1-11-7-14(20(21,22)23)8-17(27)18(11)16-4-3-13(19(24)26-16)9-25-15-5-6-28-10-12(15)2/h3-4,7-9,12,15,27H,5-6,10H2,1-2H3,(H2,24,26)/t12-,15?/m1/s1. The van der Waals surface area contributed by atoms with Crippen LogP contribution in [0.2, 0.25) is 0 Å². The Morgan fingerprint density at radius 3 is 2.68 bits per heavy atom. The van der Waals surface area contributed by atoms with E-state index in [1.165, 1.54) is 6.92 Å². The summed E-state index contributed by atoms with van der Waals surface area (Å²) in [6, 6.07) is 5.13. The zero-order valence-corrected chi connectivity index (χ0v) is 15.6. The van der Waals surface area contributed by atoms with Gasteiger partial charge in [0.05, 0.1) is 23.9 Å². The van der Waals surface area contributed by atoms with Crippen LogP contribution in [0, 0.1) is 12.8 Å². The summed E-state index contributed by atoms with van der Waals surface area (Å²) in [5, 5.41) is 10.1. The minimum absolute atomic E-state index is 0.147. The van der Waals surface area contributed by atoms with Crippen molar-refractivity contribution in [1.29, 1.82) is 0 Å². The molecule has 1 saturated heterocycles. The summed E-state index contributed by atoms with van der Waals surface area (Å²) < 4.78 is 44.1. The van der Waals surface area contributed by atoms with Crippen LogP contribution in [0.3, 0.4) is 0 Å². The van der Waals surface area contributed by atoms with Crippen LogP contribution >= 0.6 is 0 Å². The summed E-state index contributed by atoms with van der Waals surface area (Å²) in [6.07, 6.45) is -2.03. The predicted molar refractivity (Wildman–Crippen MR) is 101 cm³/mol. The third kappa shape index (κ3) is 4.27. The van der Waals surface area contributed by atoms with E-state index in [9.17, 15) is 18.3 Å². The quantitative estimate of drug-likeness (QED) is 0.766. The van der Waals surface area contributed by atoms with Crippen LogP contribution < -0.4 is 5.73 Å². The molecule has 0 bridgehead atoms. The van der Waals surface area contributed by atoms with E-state index in [4.69, 9.17) is 10.5 Å². The molecule has 1 unspecified atom stereocenters. The van der Waals surface area contributed by atoms with E-state index in [-0.39, 0.29) is 23.0 Å². The van der Waals surface area contributed by atoms with Gasteiger partial charge >= 0.3 is 6.18 Å². The van der Waals surface area contributed by atoms with E-state index in [2.05, 4.69) is 16.9 Å². The number of phenols is 1. The lowest BCUT2D eigenvalue weighted by Gasteiger charge is -2.25. The first-order valence-electron chi connectivity index (χ1n) is 8.95. The molecule has 0 radical (unpaired) electrons. The van der Waals surface area contributed by atoms with Gasteiger partial charge < -0.3 is 15.6 Å². The number of ether oxygens (including phenoxy) is 1. The van der Waals surface area contributed by atoms with Crippen LogP contribution in [-0.2, 0) is 10.9 Å². The first kappa shape index (κ1) is 20.1. The second-order valence-corrected chi connectivity index (χ2v) is 7.04. The zero-order chi connectivity index (χ0) is 20.5. The van der Waals surface area contributed by atoms with Crippen LogP contribution in [0.1, 0.15) is 30.0 Å². The van der Waals surface area contributed by atoms with Crippen LogP contribution in [0.25, 0.3) is 11.3 Å². The lowest BCUT2D eigenvalue weighted by atomic mass is 9.98. The number of hydrogen-bond acceptors (Lipinski definition) is 5. The zero-order valence-electron chi connectivity index (χ0n) is 15.6. The molecule has 1 aromatic carbocycles. The number of aryl methyl sites for hydroxylation is 1. The molecular formula is C20H22F3N3O2. The molecule has 3 N–H and O–H groups in total. The number of benzene rings is 1. The van der Waals surface area contributed by atoms with Crippen molar-refractivity contribution in [2.24, 2.45) is 10.9 Å². The van der Waals surface area contributed by atoms with Crippen LogP contribution in [0.5, 0.6) is 5.75 Å². The number of nitrogen functional groups attached to an aromatic ring is 1. The number of phenolic OH excluding ortho intramolecular Hbond substituents is 1.